The summed E-state index contributed by atoms with van der Waals surface area (Å²) in [6.07, 6.45) is 4.58. The molecule has 6 nitrogen and oxygen atoms in total. The van der Waals surface area contributed by atoms with Crippen LogP contribution in [0.3, 0.4) is 0 Å². The van der Waals surface area contributed by atoms with Gasteiger partial charge in [-0.25, -0.2) is 0 Å². The standard InChI is InChI=1S/C21H16N2O4/c24-19(16-9-5-11-27-16)17-18(15-8-4-10-22-12-15)23(21(26)20(17)25)13-14-6-2-1-3-7-14/h1-12,18,25H,13H2/t18-/m0/s1. The first-order valence-corrected chi connectivity index (χ1v) is 8.43. The molecule has 0 radical (unpaired) electrons. The van der Waals surface area contributed by atoms with Crippen molar-refractivity contribution in [1.29, 1.82) is 0 Å². The third-order valence-electron chi connectivity index (χ3n) is 4.49. The Balaban J connectivity index is 1.79. The average molecular weight is 360 g/mol. The molecule has 3 heterocycles. The van der Waals surface area contributed by atoms with Gasteiger partial charge in [0.1, 0.15) is 0 Å². The average Bonchev–Trinajstić information content (AvgIpc) is 3.32. The highest BCUT2D eigenvalue weighted by molar-refractivity contribution is 6.14. The van der Waals surface area contributed by atoms with Crippen molar-refractivity contribution in [3.8, 4) is 0 Å². The summed E-state index contributed by atoms with van der Waals surface area (Å²) in [6, 6.07) is 15.2. The van der Waals surface area contributed by atoms with Crippen molar-refractivity contribution in [2.75, 3.05) is 0 Å². The Morgan fingerprint density at radius 2 is 1.93 bits per heavy atom. The topological polar surface area (TPSA) is 83.6 Å². The zero-order chi connectivity index (χ0) is 18.8. The third-order valence-corrected chi connectivity index (χ3v) is 4.49. The number of nitrogens with zero attached hydrogens (tertiary/aromatic N) is 2. The van der Waals surface area contributed by atoms with Gasteiger partial charge in [0.2, 0.25) is 5.78 Å². The summed E-state index contributed by atoms with van der Waals surface area (Å²) in [5.74, 6) is -1.60. The van der Waals surface area contributed by atoms with Crippen LogP contribution in [-0.2, 0) is 11.3 Å². The van der Waals surface area contributed by atoms with Crippen molar-refractivity contribution in [3.05, 3.63) is 101 Å². The number of ketones is 1. The maximum Gasteiger partial charge on any atom is 0.290 e. The highest BCUT2D eigenvalue weighted by Crippen LogP contribution is 2.39. The van der Waals surface area contributed by atoms with Crippen LogP contribution in [0.4, 0.5) is 0 Å². The zero-order valence-corrected chi connectivity index (χ0v) is 14.3. The number of benzene rings is 1. The van der Waals surface area contributed by atoms with Gasteiger partial charge in [-0.05, 0) is 29.3 Å². The van der Waals surface area contributed by atoms with E-state index in [2.05, 4.69) is 4.98 Å². The lowest BCUT2D eigenvalue weighted by atomic mass is 9.96. The Hall–Kier alpha value is -3.67. The lowest BCUT2D eigenvalue weighted by Crippen LogP contribution is -2.30. The van der Waals surface area contributed by atoms with Gasteiger partial charge in [0.05, 0.1) is 17.9 Å². The summed E-state index contributed by atoms with van der Waals surface area (Å²) >= 11 is 0. The van der Waals surface area contributed by atoms with E-state index in [0.717, 1.165) is 5.56 Å². The summed E-state index contributed by atoms with van der Waals surface area (Å²) < 4.78 is 5.19. The van der Waals surface area contributed by atoms with E-state index in [0.29, 0.717) is 5.56 Å². The first kappa shape index (κ1) is 16.8. The number of carbonyl (C=O) groups is 2. The number of furan rings is 1. The number of amides is 1. The quantitative estimate of drug-likeness (QED) is 0.705. The molecule has 2 aromatic heterocycles. The zero-order valence-electron chi connectivity index (χ0n) is 14.3. The predicted molar refractivity (Wildman–Crippen MR) is 96.7 cm³/mol. The van der Waals surface area contributed by atoms with Gasteiger partial charge in [-0.2, -0.15) is 0 Å². The molecule has 6 heteroatoms. The van der Waals surface area contributed by atoms with E-state index in [1.165, 1.54) is 17.2 Å². The van der Waals surface area contributed by atoms with E-state index >= 15 is 0 Å². The van der Waals surface area contributed by atoms with E-state index in [1.54, 1.807) is 30.6 Å². The monoisotopic (exact) mass is 360 g/mol. The molecule has 0 bridgehead atoms. The normalized spacial score (nSPS) is 16.8. The lowest BCUT2D eigenvalue weighted by Gasteiger charge is -2.26. The van der Waals surface area contributed by atoms with Gasteiger partial charge >= 0.3 is 0 Å². The molecule has 1 N–H and O–H groups in total. The fourth-order valence-electron chi connectivity index (χ4n) is 3.25. The predicted octanol–water partition coefficient (Wildman–Crippen LogP) is 3.45. The summed E-state index contributed by atoms with van der Waals surface area (Å²) in [7, 11) is 0. The van der Waals surface area contributed by atoms with Crippen LogP contribution >= 0.6 is 0 Å². The van der Waals surface area contributed by atoms with Crippen LogP contribution in [-0.4, -0.2) is 26.7 Å². The van der Waals surface area contributed by atoms with Gasteiger partial charge in [-0.1, -0.05) is 36.4 Å². The molecule has 0 fully saturated rings. The molecule has 1 aromatic carbocycles. The third kappa shape index (κ3) is 3.01. The van der Waals surface area contributed by atoms with E-state index in [-0.39, 0.29) is 17.9 Å². The number of aliphatic hydroxyl groups excluding tert-OH is 1. The molecule has 1 aliphatic heterocycles. The number of hydrogen-bond acceptors (Lipinski definition) is 5. The van der Waals surface area contributed by atoms with Crippen molar-refractivity contribution in [2.45, 2.75) is 12.6 Å². The van der Waals surface area contributed by atoms with Crippen molar-refractivity contribution < 1.29 is 19.1 Å². The molecule has 0 unspecified atom stereocenters. The molecule has 134 valence electrons. The minimum Gasteiger partial charge on any atom is -0.503 e. The summed E-state index contributed by atoms with van der Waals surface area (Å²) in [4.78, 5) is 31.3. The number of aliphatic hydroxyl groups is 1. The molecule has 0 saturated heterocycles. The number of pyridine rings is 1. The van der Waals surface area contributed by atoms with Crippen molar-refractivity contribution in [3.63, 3.8) is 0 Å². The number of aromatic nitrogens is 1. The molecule has 27 heavy (non-hydrogen) atoms. The Morgan fingerprint density at radius 3 is 2.59 bits per heavy atom. The van der Waals surface area contributed by atoms with Crippen LogP contribution in [0, 0.1) is 0 Å². The summed E-state index contributed by atoms with van der Waals surface area (Å²) in [5.41, 5.74) is 1.53. The van der Waals surface area contributed by atoms with Crippen LogP contribution in [0.5, 0.6) is 0 Å². The molecule has 3 aromatic rings. The summed E-state index contributed by atoms with van der Waals surface area (Å²) in [5, 5.41) is 10.5. The highest BCUT2D eigenvalue weighted by atomic mass is 16.3. The van der Waals surface area contributed by atoms with Gasteiger partial charge < -0.3 is 14.4 Å². The minimum absolute atomic E-state index is 0.00104. The second-order valence-corrected chi connectivity index (χ2v) is 6.18. The SMILES string of the molecule is O=C(C1=C(O)C(=O)N(Cc2ccccc2)[C@H]1c1cccnc1)c1ccco1. The van der Waals surface area contributed by atoms with Crippen molar-refractivity contribution in [2.24, 2.45) is 0 Å². The van der Waals surface area contributed by atoms with Crippen LogP contribution < -0.4 is 0 Å². The second kappa shape index (κ2) is 6.92. The molecular formula is C21H16N2O4. The first-order chi connectivity index (χ1) is 13.2. The highest BCUT2D eigenvalue weighted by Gasteiger charge is 2.44. The number of rotatable bonds is 5. The van der Waals surface area contributed by atoms with Gasteiger partial charge in [0.15, 0.2) is 11.5 Å². The Morgan fingerprint density at radius 1 is 1.11 bits per heavy atom. The van der Waals surface area contributed by atoms with Crippen molar-refractivity contribution in [1.82, 2.24) is 9.88 Å². The fraction of sp³-hybridized carbons (Fsp3) is 0.0952. The largest absolute Gasteiger partial charge is 0.503 e. The second-order valence-electron chi connectivity index (χ2n) is 6.18. The number of carbonyl (C=O) groups excluding carboxylic acids is 2. The fourth-order valence-corrected chi connectivity index (χ4v) is 3.25. The van der Waals surface area contributed by atoms with Gasteiger partial charge in [-0.15, -0.1) is 0 Å². The lowest BCUT2D eigenvalue weighted by molar-refractivity contribution is -0.130. The molecular weight excluding hydrogens is 344 g/mol. The van der Waals surface area contributed by atoms with Gasteiger partial charge in [0.25, 0.3) is 5.91 Å². The summed E-state index contributed by atoms with van der Waals surface area (Å²) in [6.45, 7) is 0.248. The van der Waals surface area contributed by atoms with Gasteiger partial charge in [0, 0.05) is 18.9 Å². The van der Waals surface area contributed by atoms with Crippen LogP contribution in [0.25, 0.3) is 0 Å². The van der Waals surface area contributed by atoms with E-state index in [9.17, 15) is 14.7 Å². The Kier molecular flexibility index (Phi) is 4.30. The number of Topliss-reactive ketones (excluding diaryl/α,β-unsaturated/α-hetero) is 1. The Labute approximate surface area is 155 Å². The minimum atomic E-state index is -0.746. The molecule has 0 spiro atoms. The molecule has 1 atom stereocenters. The van der Waals surface area contributed by atoms with Gasteiger partial charge in [-0.3, -0.25) is 14.6 Å². The molecule has 0 saturated carbocycles. The smallest absolute Gasteiger partial charge is 0.290 e. The van der Waals surface area contributed by atoms with Crippen LogP contribution in [0.15, 0.2) is 89.0 Å². The van der Waals surface area contributed by atoms with Crippen molar-refractivity contribution >= 4 is 11.7 Å². The maximum absolute atomic E-state index is 12.9. The number of hydrogen-bond donors (Lipinski definition) is 1. The van der Waals surface area contributed by atoms with E-state index in [1.807, 2.05) is 30.3 Å². The van der Waals surface area contributed by atoms with E-state index in [4.69, 9.17) is 4.42 Å². The van der Waals surface area contributed by atoms with E-state index < -0.39 is 23.5 Å². The maximum atomic E-state index is 12.9. The first-order valence-electron chi connectivity index (χ1n) is 8.43. The molecule has 4 rings (SSSR count). The van der Waals surface area contributed by atoms with Crippen LogP contribution in [0.2, 0.25) is 0 Å². The molecule has 1 amide bonds. The van der Waals surface area contributed by atoms with Crippen LogP contribution in [0.1, 0.15) is 27.7 Å². The molecule has 0 aliphatic carbocycles. The Bertz CT molecular complexity index is 995. The molecule has 1 aliphatic rings.